The summed E-state index contributed by atoms with van der Waals surface area (Å²) in [7, 11) is 1.62. The van der Waals surface area contributed by atoms with Gasteiger partial charge >= 0.3 is 0 Å². The SMILES string of the molecule is CC(CN(C)C(=O)CO)Oc1cccc2ncnc(Nc3ccc(OCc4ccccn4)c(Cl)c3)c12. The molecule has 4 rings (SSSR count). The molecule has 36 heavy (non-hydrogen) atoms. The van der Waals surface area contributed by atoms with Crippen molar-refractivity contribution in [1.29, 1.82) is 0 Å². The van der Waals surface area contributed by atoms with E-state index < -0.39 is 6.61 Å². The van der Waals surface area contributed by atoms with Crippen LogP contribution >= 0.6 is 11.6 Å². The highest BCUT2D eigenvalue weighted by atomic mass is 35.5. The number of halogens is 1. The van der Waals surface area contributed by atoms with Crippen LogP contribution < -0.4 is 14.8 Å². The summed E-state index contributed by atoms with van der Waals surface area (Å²) in [6, 6.07) is 16.5. The van der Waals surface area contributed by atoms with Gasteiger partial charge in [-0.3, -0.25) is 9.78 Å². The van der Waals surface area contributed by atoms with Gasteiger partial charge in [-0.2, -0.15) is 0 Å². The van der Waals surface area contributed by atoms with Crippen LogP contribution in [0.1, 0.15) is 12.6 Å². The number of fused-ring (bicyclic) bond motifs is 1. The molecule has 0 aliphatic heterocycles. The number of aromatic nitrogens is 3. The van der Waals surface area contributed by atoms with E-state index >= 15 is 0 Å². The molecule has 10 heteroatoms. The Morgan fingerprint density at radius 2 is 1.97 bits per heavy atom. The Bertz CT molecular complexity index is 1330. The first kappa shape index (κ1) is 25.2. The lowest BCUT2D eigenvalue weighted by atomic mass is 10.2. The van der Waals surface area contributed by atoms with Gasteiger partial charge in [-0.05, 0) is 49.4 Å². The average molecular weight is 508 g/mol. The first-order valence-electron chi connectivity index (χ1n) is 11.3. The number of ether oxygens (including phenoxy) is 2. The normalized spacial score (nSPS) is 11.7. The van der Waals surface area contributed by atoms with Crippen LogP contribution in [0.25, 0.3) is 10.9 Å². The van der Waals surface area contributed by atoms with Crippen LogP contribution in [0.2, 0.25) is 5.02 Å². The fraction of sp³-hybridized carbons (Fsp3) is 0.231. The molecule has 0 fully saturated rings. The van der Waals surface area contributed by atoms with Crippen LogP contribution in [0.5, 0.6) is 11.5 Å². The number of likely N-dealkylation sites (N-methyl/N-ethyl adjacent to an activating group) is 1. The summed E-state index contributed by atoms with van der Waals surface area (Å²) in [6.45, 7) is 1.92. The third-order valence-corrected chi connectivity index (χ3v) is 5.64. The molecule has 0 aliphatic rings. The topological polar surface area (TPSA) is 110 Å². The third-order valence-electron chi connectivity index (χ3n) is 5.34. The van der Waals surface area contributed by atoms with Gasteiger partial charge in [0, 0.05) is 18.9 Å². The Morgan fingerprint density at radius 3 is 2.72 bits per heavy atom. The third kappa shape index (κ3) is 6.18. The van der Waals surface area contributed by atoms with Crippen molar-refractivity contribution < 1.29 is 19.4 Å². The molecule has 0 saturated heterocycles. The van der Waals surface area contributed by atoms with Crippen LogP contribution in [0, 0.1) is 0 Å². The molecule has 0 spiro atoms. The minimum absolute atomic E-state index is 0.307. The van der Waals surface area contributed by atoms with E-state index in [4.69, 9.17) is 26.2 Å². The molecular formula is C26H26ClN5O4. The van der Waals surface area contributed by atoms with Crippen molar-refractivity contribution in [3.63, 3.8) is 0 Å². The maximum Gasteiger partial charge on any atom is 0.248 e. The van der Waals surface area contributed by atoms with Gasteiger partial charge in [0.25, 0.3) is 0 Å². The number of rotatable bonds is 10. The summed E-state index contributed by atoms with van der Waals surface area (Å²) >= 11 is 6.47. The van der Waals surface area contributed by atoms with Crippen molar-refractivity contribution in [3.05, 3.63) is 77.8 Å². The second-order valence-electron chi connectivity index (χ2n) is 8.11. The number of hydrogen-bond acceptors (Lipinski definition) is 8. The maximum absolute atomic E-state index is 11.7. The second kappa shape index (κ2) is 11.7. The molecule has 2 heterocycles. The van der Waals surface area contributed by atoms with Gasteiger partial charge in [0.2, 0.25) is 5.91 Å². The zero-order valence-electron chi connectivity index (χ0n) is 19.9. The van der Waals surface area contributed by atoms with Crippen molar-refractivity contribution in [2.24, 2.45) is 0 Å². The number of aliphatic hydroxyl groups is 1. The Balaban J connectivity index is 1.52. The van der Waals surface area contributed by atoms with Gasteiger partial charge < -0.3 is 24.8 Å². The smallest absolute Gasteiger partial charge is 0.248 e. The molecule has 1 unspecified atom stereocenters. The maximum atomic E-state index is 11.7. The Kier molecular flexibility index (Phi) is 8.14. The number of amides is 1. The van der Waals surface area contributed by atoms with Gasteiger partial charge in [-0.25, -0.2) is 9.97 Å². The summed E-state index contributed by atoms with van der Waals surface area (Å²) in [5.41, 5.74) is 2.21. The first-order chi connectivity index (χ1) is 17.4. The van der Waals surface area contributed by atoms with Crippen LogP contribution in [0.15, 0.2) is 67.1 Å². The van der Waals surface area contributed by atoms with E-state index in [1.54, 1.807) is 25.4 Å². The standard InChI is InChI=1S/C26H26ClN5O4/c1-17(13-32(2)24(34)14-33)36-23-8-5-7-21-25(23)26(30-16-29-21)31-18-9-10-22(20(27)12-18)35-15-19-6-3-4-11-28-19/h3-12,16-17,33H,13-15H2,1-2H3,(H,29,30,31). The molecule has 2 aromatic heterocycles. The zero-order valence-corrected chi connectivity index (χ0v) is 20.6. The van der Waals surface area contributed by atoms with E-state index in [2.05, 4.69) is 20.3 Å². The van der Waals surface area contributed by atoms with E-state index in [9.17, 15) is 4.79 Å². The first-order valence-corrected chi connectivity index (χ1v) is 11.7. The summed E-state index contributed by atoms with van der Waals surface area (Å²) < 4.78 is 11.9. The number of anilines is 2. The minimum Gasteiger partial charge on any atom is -0.488 e. The molecule has 2 N–H and O–H groups in total. The van der Waals surface area contributed by atoms with Gasteiger partial charge in [-0.15, -0.1) is 0 Å². The molecular weight excluding hydrogens is 482 g/mol. The largest absolute Gasteiger partial charge is 0.488 e. The number of nitrogens with zero attached hydrogens (tertiary/aromatic N) is 4. The van der Waals surface area contributed by atoms with Crippen LogP contribution in [0.3, 0.4) is 0 Å². The average Bonchev–Trinajstić information content (AvgIpc) is 2.88. The minimum atomic E-state index is -0.547. The van der Waals surface area contributed by atoms with Gasteiger partial charge in [0.05, 0.1) is 28.2 Å². The molecule has 4 aromatic rings. The number of nitrogens with one attached hydrogen (secondary N) is 1. The van der Waals surface area contributed by atoms with Crippen LogP contribution in [-0.2, 0) is 11.4 Å². The van der Waals surface area contributed by atoms with Crippen LogP contribution in [0.4, 0.5) is 11.5 Å². The number of aliphatic hydroxyl groups excluding tert-OH is 1. The van der Waals surface area contributed by atoms with Gasteiger partial charge in [0.1, 0.15) is 43.0 Å². The van der Waals surface area contributed by atoms with Crippen molar-refractivity contribution >= 4 is 39.9 Å². The van der Waals surface area contributed by atoms with Crippen LogP contribution in [-0.4, -0.2) is 57.2 Å². The van der Waals surface area contributed by atoms with Crippen molar-refractivity contribution in [1.82, 2.24) is 19.9 Å². The highest BCUT2D eigenvalue weighted by molar-refractivity contribution is 6.32. The lowest BCUT2D eigenvalue weighted by Gasteiger charge is -2.23. The van der Waals surface area contributed by atoms with Gasteiger partial charge in [-0.1, -0.05) is 23.7 Å². The lowest BCUT2D eigenvalue weighted by Crippen LogP contribution is -2.37. The van der Waals surface area contributed by atoms with Gasteiger partial charge in [0.15, 0.2) is 0 Å². The summed E-state index contributed by atoms with van der Waals surface area (Å²) in [4.78, 5) is 26.1. The summed E-state index contributed by atoms with van der Waals surface area (Å²) in [6.07, 6.45) is 2.84. The van der Waals surface area contributed by atoms with E-state index in [0.29, 0.717) is 52.1 Å². The Labute approximate surface area is 213 Å². The van der Waals surface area contributed by atoms with Crippen molar-refractivity contribution in [2.75, 3.05) is 25.5 Å². The number of carbonyl (C=O) groups is 1. The fourth-order valence-corrected chi connectivity index (χ4v) is 3.84. The lowest BCUT2D eigenvalue weighted by molar-refractivity contribution is -0.133. The molecule has 0 aliphatic carbocycles. The summed E-state index contributed by atoms with van der Waals surface area (Å²) in [5.74, 6) is 1.27. The second-order valence-corrected chi connectivity index (χ2v) is 8.52. The molecule has 9 nitrogen and oxygen atoms in total. The molecule has 186 valence electrons. The number of benzene rings is 2. The Hall–Kier alpha value is -3.95. The van der Waals surface area contributed by atoms with Crippen molar-refractivity contribution in [3.8, 4) is 11.5 Å². The van der Waals surface area contributed by atoms with E-state index in [-0.39, 0.29) is 12.0 Å². The quantitative estimate of drug-likeness (QED) is 0.328. The fourth-order valence-electron chi connectivity index (χ4n) is 3.60. The molecule has 0 radical (unpaired) electrons. The zero-order chi connectivity index (χ0) is 25.5. The molecule has 0 bridgehead atoms. The number of pyridine rings is 1. The van der Waals surface area contributed by atoms with Crippen molar-refractivity contribution in [2.45, 2.75) is 19.6 Å². The number of hydrogen-bond donors (Lipinski definition) is 2. The van der Waals surface area contributed by atoms with E-state index in [0.717, 1.165) is 5.69 Å². The monoisotopic (exact) mass is 507 g/mol. The highest BCUT2D eigenvalue weighted by Crippen LogP contribution is 2.34. The predicted octanol–water partition coefficient (Wildman–Crippen LogP) is 4.22. The van der Waals surface area contributed by atoms with E-state index in [1.807, 2.05) is 49.4 Å². The predicted molar refractivity (Wildman–Crippen MR) is 138 cm³/mol. The highest BCUT2D eigenvalue weighted by Gasteiger charge is 2.16. The molecule has 1 amide bonds. The molecule has 2 aromatic carbocycles. The summed E-state index contributed by atoms with van der Waals surface area (Å²) in [5, 5.41) is 13.5. The molecule has 1 atom stereocenters. The Morgan fingerprint density at radius 1 is 1.11 bits per heavy atom. The van der Waals surface area contributed by atoms with E-state index in [1.165, 1.54) is 11.2 Å². The molecule has 0 saturated carbocycles. The number of carbonyl (C=O) groups excluding carboxylic acids is 1.